The van der Waals surface area contributed by atoms with Gasteiger partial charge in [0.15, 0.2) is 0 Å². The average Bonchev–Trinajstić information content (AvgIpc) is 2.58. The minimum atomic E-state index is -2.25. The summed E-state index contributed by atoms with van der Waals surface area (Å²) in [5, 5.41) is 3.24. The molecule has 16 heavy (non-hydrogen) atoms. The van der Waals surface area contributed by atoms with Crippen LogP contribution in [0.2, 0.25) is 0 Å². The lowest BCUT2D eigenvalue weighted by atomic mass is 10.4. The van der Waals surface area contributed by atoms with Crippen LogP contribution in [0.4, 0.5) is 8.78 Å². The summed E-state index contributed by atoms with van der Waals surface area (Å²) < 4.78 is 24.0. The molecule has 92 valence electrons. The summed E-state index contributed by atoms with van der Waals surface area (Å²) in [6, 6.07) is 4.18. The molecule has 0 saturated carbocycles. The molecule has 1 aromatic rings. The normalized spacial score (nSPS) is 11.6. The third-order valence-electron chi connectivity index (χ3n) is 2.22. The first-order valence-corrected chi connectivity index (χ1v) is 6.12. The quantitative estimate of drug-likeness (QED) is 0.745. The Bertz CT molecular complexity index is 302. The van der Waals surface area contributed by atoms with Crippen molar-refractivity contribution in [3.63, 3.8) is 0 Å². The summed E-state index contributed by atoms with van der Waals surface area (Å²) in [6.07, 6.45) is -2.25. The Kier molecular flexibility index (Phi) is 5.87. The van der Waals surface area contributed by atoms with E-state index in [2.05, 4.69) is 24.4 Å². The zero-order valence-corrected chi connectivity index (χ0v) is 10.5. The molecule has 0 aliphatic rings. The molecule has 1 aromatic heterocycles. The van der Waals surface area contributed by atoms with Crippen molar-refractivity contribution in [2.75, 3.05) is 26.7 Å². The number of rotatable bonds is 7. The number of likely N-dealkylation sites (N-methyl/N-ethyl adjacent to an activating group) is 1. The predicted octanol–water partition coefficient (Wildman–Crippen LogP) is 2.34. The molecule has 0 radical (unpaired) electrons. The molecule has 0 atom stereocenters. The van der Waals surface area contributed by atoms with E-state index in [0.717, 1.165) is 13.1 Å². The number of thiophene rings is 1. The van der Waals surface area contributed by atoms with Gasteiger partial charge >= 0.3 is 0 Å². The van der Waals surface area contributed by atoms with Crippen LogP contribution in [-0.4, -0.2) is 38.0 Å². The number of halogens is 2. The highest BCUT2D eigenvalue weighted by atomic mass is 32.1. The first-order valence-electron chi connectivity index (χ1n) is 5.30. The van der Waals surface area contributed by atoms with Crippen LogP contribution >= 0.6 is 11.3 Å². The number of nitrogens with zero attached hydrogens (tertiary/aromatic N) is 1. The molecule has 0 aliphatic heterocycles. The van der Waals surface area contributed by atoms with Crippen LogP contribution in [-0.2, 0) is 6.54 Å². The highest BCUT2D eigenvalue weighted by Gasteiger charge is 2.06. The van der Waals surface area contributed by atoms with Crippen molar-refractivity contribution < 1.29 is 8.78 Å². The van der Waals surface area contributed by atoms with E-state index in [4.69, 9.17) is 0 Å². The van der Waals surface area contributed by atoms with E-state index >= 15 is 0 Å². The molecular weight excluding hydrogens is 230 g/mol. The Morgan fingerprint density at radius 3 is 2.75 bits per heavy atom. The lowest BCUT2D eigenvalue weighted by molar-refractivity contribution is 0.101. The molecule has 0 spiro atoms. The third-order valence-corrected chi connectivity index (χ3v) is 3.22. The van der Waals surface area contributed by atoms with E-state index in [0.29, 0.717) is 6.54 Å². The second-order valence-corrected chi connectivity index (χ2v) is 5.21. The Hall–Kier alpha value is -0.520. The molecule has 0 amide bonds. The van der Waals surface area contributed by atoms with Gasteiger partial charge in [-0.3, -0.25) is 4.90 Å². The maximum Gasteiger partial charge on any atom is 0.251 e. The van der Waals surface area contributed by atoms with Crippen molar-refractivity contribution in [2.45, 2.75) is 19.9 Å². The van der Waals surface area contributed by atoms with E-state index in [1.165, 1.54) is 9.75 Å². The summed E-state index contributed by atoms with van der Waals surface area (Å²) in [5.41, 5.74) is 0. The van der Waals surface area contributed by atoms with Crippen LogP contribution in [0.3, 0.4) is 0 Å². The second-order valence-electron chi connectivity index (χ2n) is 3.84. The molecule has 0 bridgehead atoms. The van der Waals surface area contributed by atoms with Crippen LogP contribution in [0.25, 0.3) is 0 Å². The van der Waals surface area contributed by atoms with Crippen LogP contribution in [0.1, 0.15) is 9.75 Å². The van der Waals surface area contributed by atoms with Gasteiger partial charge in [-0.05, 0) is 26.1 Å². The van der Waals surface area contributed by atoms with Gasteiger partial charge in [0.05, 0.1) is 6.54 Å². The van der Waals surface area contributed by atoms with Gasteiger partial charge in [0.2, 0.25) is 0 Å². The zero-order chi connectivity index (χ0) is 12.0. The molecule has 0 fully saturated rings. The topological polar surface area (TPSA) is 15.3 Å². The molecule has 0 aliphatic carbocycles. The Labute approximate surface area is 99.3 Å². The van der Waals surface area contributed by atoms with E-state index in [1.807, 2.05) is 0 Å². The number of hydrogen-bond donors (Lipinski definition) is 1. The van der Waals surface area contributed by atoms with Crippen LogP contribution in [0.5, 0.6) is 0 Å². The van der Waals surface area contributed by atoms with Crippen molar-refractivity contribution >= 4 is 11.3 Å². The summed E-state index contributed by atoms with van der Waals surface area (Å²) in [6.45, 7) is 4.13. The summed E-state index contributed by atoms with van der Waals surface area (Å²) >= 11 is 1.76. The highest BCUT2D eigenvalue weighted by Crippen LogP contribution is 2.14. The summed E-state index contributed by atoms with van der Waals surface area (Å²) in [5.74, 6) is 0. The van der Waals surface area contributed by atoms with Gasteiger partial charge in [-0.1, -0.05) is 0 Å². The fourth-order valence-electron chi connectivity index (χ4n) is 1.39. The first-order chi connectivity index (χ1) is 7.58. The number of hydrogen-bond acceptors (Lipinski definition) is 3. The maximum atomic E-state index is 12.0. The number of aryl methyl sites for hydroxylation is 1. The van der Waals surface area contributed by atoms with Gasteiger partial charge < -0.3 is 5.32 Å². The predicted molar refractivity (Wildman–Crippen MR) is 64.3 cm³/mol. The van der Waals surface area contributed by atoms with Crippen molar-refractivity contribution in [1.82, 2.24) is 10.2 Å². The molecule has 1 rings (SSSR count). The lowest BCUT2D eigenvalue weighted by Crippen LogP contribution is -2.32. The fraction of sp³-hybridized carbons (Fsp3) is 0.636. The standard InChI is InChI=1S/C11H18F2N2S/c1-9-3-4-10(16-9)7-14-5-6-15(2)8-11(12)13/h3-4,11,14H,5-8H2,1-2H3. The van der Waals surface area contributed by atoms with Crippen molar-refractivity contribution in [3.05, 3.63) is 21.9 Å². The van der Waals surface area contributed by atoms with Gasteiger partial charge in [-0.15, -0.1) is 11.3 Å². The smallest absolute Gasteiger partial charge is 0.251 e. The molecule has 0 unspecified atom stereocenters. The average molecular weight is 248 g/mol. The highest BCUT2D eigenvalue weighted by molar-refractivity contribution is 7.11. The van der Waals surface area contributed by atoms with Gasteiger partial charge in [0, 0.05) is 29.4 Å². The Balaban J connectivity index is 2.07. The SMILES string of the molecule is Cc1ccc(CNCCN(C)CC(F)F)s1. The van der Waals surface area contributed by atoms with Gasteiger partial charge in [0.25, 0.3) is 6.43 Å². The van der Waals surface area contributed by atoms with Crippen molar-refractivity contribution in [1.29, 1.82) is 0 Å². The number of alkyl halides is 2. The van der Waals surface area contributed by atoms with E-state index in [9.17, 15) is 8.78 Å². The zero-order valence-electron chi connectivity index (χ0n) is 9.67. The summed E-state index contributed by atoms with van der Waals surface area (Å²) in [7, 11) is 1.71. The molecule has 1 N–H and O–H groups in total. The third kappa shape index (κ3) is 5.53. The molecule has 2 nitrogen and oxygen atoms in total. The van der Waals surface area contributed by atoms with Crippen molar-refractivity contribution in [3.8, 4) is 0 Å². The monoisotopic (exact) mass is 248 g/mol. The lowest BCUT2D eigenvalue weighted by Gasteiger charge is -2.15. The second kappa shape index (κ2) is 6.93. The van der Waals surface area contributed by atoms with Gasteiger partial charge in [0.1, 0.15) is 0 Å². The van der Waals surface area contributed by atoms with Gasteiger partial charge in [-0.25, -0.2) is 8.78 Å². The Morgan fingerprint density at radius 1 is 1.44 bits per heavy atom. The molecular formula is C11H18F2N2S. The molecule has 0 saturated heterocycles. The van der Waals surface area contributed by atoms with Crippen molar-refractivity contribution in [2.24, 2.45) is 0 Å². The fourth-order valence-corrected chi connectivity index (χ4v) is 2.25. The summed E-state index contributed by atoms with van der Waals surface area (Å²) in [4.78, 5) is 4.22. The minimum Gasteiger partial charge on any atom is -0.311 e. The van der Waals surface area contributed by atoms with E-state index in [-0.39, 0.29) is 6.54 Å². The Morgan fingerprint density at radius 2 is 2.19 bits per heavy atom. The van der Waals surface area contributed by atoms with Gasteiger partial charge in [-0.2, -0.15) is 0 Å². The molecule has 5 heteroatoms. The minimum absolute atomic E-state index is 0.153. The first kappa shape index (κ1) is 13.5. The van der Waals surface area contributed by atoms with Crippen LogP contribution < -0.4 is 5.32 Å². The molecule has 1 heterocycles. The molecule has 0 aromatic carbocycles. The maximum absolute atomic E-state index is 12.0. The largest absolute Gasteiger partial charge is 0.311 e. The van der Waals surface area contributed by atoms with Crippen LogP contribution in [0, 0.1) is 6.92 Å². The number of nitrogens with one attached hydrogen (secondary N) is 1. The van der Waals surface area contributed by atoms with E-state index in [1.54, 1.807) is 23.3 Å². The van der Waals surface area contributed by atoms with Crippen LogP contribution in [0.15, 0.2) is 12.1 Å². The van der Waals surface area contributed by atoms with E-state index < -0.39 is 6.43 Å².